The Morgan fingerprint density at radius 3 is 1.79 bits per heavy atom. The highest BCUT2D eigenvalue weighted by Crippen LogP contribution is 2.53. The second-order valence-electron chi connectivity index (χ2n) is 3.58. The van der Waals surface area contributed by atoms with Gasteiger partial charge in [-0.15, -0.1) is 0 Å². The van der Waals surface area contributed by atoms with Gasteiger partial charge in [-0.1, -0.05) is 18.2 Å². The number of alkyl halides is 8. The highest BCUT2D eigenvalue weighted by Gasteiger charge is 2.76. The van der Waals surface area contributed by atoms with Gasteiger partial charge >= 0.3 is 18.0 Å². The van der Waals surface area contributed by atoms with Crippen molar-refractivity contribution in [3.8, 4) is 0 Å². The van der Waals surface area contributed by atoms with E-state index in [4.69, 9.17) is 0 Å². The molecule has 1 unspecified atom stereocenters. The van der Waals surface area contributed by atoms with Crippen molar-refractivity contribution in [2.24, 2.45) is 0 Å². The Morgan fingerprint density at radius 2 is 1.37 bits per heavy atom. The maximum Gasteiger partial charge on any atom is 0.460 e. The van der Waals surface area contributed by atoms with Crippen molar-refractivity contribution >= 4 is 22.6 Å². The smallest absolute Gasteiger partial charge is 0.235 e. The first kappa shape index (κ1) is 16.4. The summed E-state index contributed by atoms with van der Waals surface area (Å²) in [5.74, 6) is -12.4. The summed E-state index contributed by atoms with van der Waals surface area (Å²) in [6.07, 6.45) is -10.3. The van der Waals surface area contributed by atoms with Crippen LogP contribution >= 0.6 is 22.6 Å². The summed E-state index contributed by atoms with van der Waals surface area (Å²) >= 11 is 1.37. The summed E-state index contributed by atoms with van der Waals surface area (Å²) in [4.78, 5) is 0. The lowest BCUT2D eigenvalue weighted by atomic mass is 9.99. The van der Waals surface area contributed by atoms with Crippen LogP contribution in [0.1, 0.15) is 11.7 Å². The predicted octanol–water partition coefficient (Wildman–Crippen LogP) is 5.13. The quantitative estimate of drug-likeness (QED) is 0.484. The molecular formula is C10H5F8I. The van der Waals surface area contributed by atoms with Gasteiger partial charge in [0.15, 0.2) is 6.17 Å². The maximum atomic E-state index is 13.5. The zero-order valence-electron chi connectivity index (χ0n) is 8.79. The Bertz CT molecular complexity index is 453. The van der Waals surface area contributed by atoms with Crippen LogP contribution in [0.4, 0.5) is 35.1 Å². The standard InChI is InChI=1S/C10H5F8I/c11-7(5-3-1-2-4-6(5)19)8(12,13)9(14,15)10(16,17)18/h1-4,7H. The van der Waals surface area contributed by atoms with E-state index >= 15 is 0 Å². The molecule has 0 saturated heterocycles. The number of hydrogen-bond donors (Lipinski definition) is 0. The first-order valence-corrected chi connectivity index (χ1v) is 5.71. The summed E-state index contributed by atoms with van der Waals surface area (Å²) in [7, 11) is 0. The minimum absolute atomic E-state index is 0.176. The zero-order valence-corrected chi connectivity index (χ0v) is 10.9. The Balaban J connectivity index is 3.24. The fraction of sp³-hybridized carbons (Fsp3) is 0.400. The van der Waals surface area contributed by atoms with Crippen LogP contribution in [-0.2, 0) is 0 Å². The molecule has 0 N–H and O–H groups in total. The molecule has 9 heteroatoms. The molecule has 0 aliphatic heterocycles. The summed E-state index contributed by atoms with van der Waals surface area (Å²) in [6, 6.07) is 4.21. The molecule has 1 atom stereocenters. The molecule has 1 rings (SSSR count). The van der Waals surface area contributed by atoms with E-state index in [1.807, 2.05) is 0 Å². The molecule has 0 aliphatic carbocycles. The monoisotopic (exact) mass is 404 g/mol. The molecular weight excluding hydrogens is 399 g/mol. The molecule has 0 bridgehead atoms. The van der Waals surface area contributed by atoms with Crippen molar-refractivity contribution in [3.63, 3.8) is 0 Å². The lowest BCUT2D eigenvalue weighted by Gasteiger charge is -2.30. The van der Waals surface area contributed by atoms with Crippen LogP contribution in [0.15, 0.2) is 24.3 Å². The van der Waals surface area contributed by atoms with Gasteiger partial charge in [-0.2, -0.15) is 30.7 Å². The second kappa shape index (κ2) is 5.06. The average Bonchev–Trinajstić information content (AvgIpc) is 2.27. The van der Waals surface area contributed by atoms with Gasteiger partial charge in [-0.25, -0.2) is 4.39 Å². The molecule has 0 aliphatic rings. The molecule has 0 aromatic heterocycles. The van der Waals surface area contributed by atoms with E-state index in [-0.39, 0.29) is 3.57 Å². The van der Waals surface area contributed by atoms with Gasteiger partial charge in [0.1, 0.15) is 0 Å². The molecule has 0 heterocycles. The van der Waals surface area contributed by atoms with Crippen molar-refractivity contribution in [2.75, 3.05) is 0 Å². The molecule has 1 aromatic carbocycles. The Kier molecular flexibility index (Phi) is 4.38. The van der Waals surface area contributed by atoms with Crippen LogP contribution in [0.3, 0.4) is 0 Å². The molecule has 0 fully saturated rings. The van der Waals surface area contributed by atoms with Crippen molar-refractivity contribution in [1.82, 2.24) is 0 Å². The van der Waals surface area contributed by atoms with Crippen molar-refractivity contribution in [3.05, 3.63) is 33.4 Å². The van der Waals surface area contributed by atoms with Crippen molar-refractivity contribution in [2.45, 2.75) is 24.2 Å². The number of benzene rings is 1. The molecule has 0 nitrogen and oxygen atoms in total. The van der Waals surface area contributed by atoms with E-state index < -0.39 is 29.8 Å². The van der Waals surface area contributed by atoms with Crippen molar-refractivity contribution in [1.29, 1.82) is 0 Å². The van der Waals surface area contributed by atoms with Crippen molar-refractivity contribution < 1.29 is 35.1 Å². The largest absolute Gasteiger partial charge is 0.460 e. The Morgan fingerprint density at radius 1 is 0.895 bits per heavy atom. The Hall–Kier alpha value is -0.610. The maximum absolute atomic E-state index is 13.5. The van der Waals surface area contributed by atoms with Crippen LogP contribution in [0.2, 0.25) is 0 Å². The lowest BCUT2D eigenvalue weighted by Crippen LogP contribution is -2.54. The van der Waals surface area contributed by atoms with Gasteiger partial charge in [0, 0.05) is 9.13 Å². The van der Waals surface area contributed by atoms with Gasteiger partial charge in [0.05, 0.1) is 0 Å². The molecule has 0 spiro atoms. The summed E-state index contributed by atoms with van der Waals surface area (Å²) < 4.78 is 101. The van der Waals surface area contributed by atoms with E-state index in [9.17, 15) is 35.1 Å². The Labute approximate surface area is 115 Å². The van der Waals surface area contributed by atoms with E-state index in [1.54, 1.807) is 0 Å². The van der Waals surface area contributed by atoms with Crippen LogP contribution in [0.25, 0.3) is 0 Å². The third kappa shape index (κ3) is 2.79. The zero-order chi connectivity index (χ0) is 15.1. The lowest BCUT2D eigenvalue weighted by molar-refractivity contribution is -0.367. The SMILES string of the molecule is FC(c1ccccc1I)C(F)(F)C(F)(F)C(F)(F)F. The predicted molar refractivity (Wildman–Crippen MR) is 59.0 cm³/mol. The average molecular weight is 404 g/mol. The molecule has 0 radical (unpaired) electrons. The van der Waals surface area contributed by atoms with E-state index in [0.717, 1.165) is 18.2 Å². The van der Waals surface area contributed by atoms with Crippen LogP contribution in [0, 0.1) is 3.57 Å². The second-order valence-corrected chi connectivity index (χ2v) is 4.74. The van der Waals surface area contributed by atoms with Gasteiger partial charge in [0.25, 0.3) is 0 Å². The van der Waals surface area contributed by atoms with E-state index in [0.29, 0.717) is 0 Å². The van der Waals surface area contributed by atoms with Crippen LogP contribution < -0.4 is 0 Å². The topological polar surface area (TPSA) is 0 Å². The first-order valence-electron chi connectivity index (χ1n) is 4.63. The fourth-order valence-corrected chi connectivity index (χ4v) is 1.88. The number of hydrogen-bond acceptors (Lipinski definition) is 0. The third-order valence-corrected chi connectivity index (χ3v) is 3.25. The van der Waals surface area contributed by atoms with Gasteiger partial charge in [-0.3, -0.25) is 0 Å². The molecule has 0 saturated carbocycles. The summed E-state index contributed by atoms with van der Waals surface area (Å²) in [5, 5.41) is 0. The molecule has 0 amide bonds. The van der Waals surface area contributed by atoms with E-state index in [2.05, 4.69) is 0 Å². The molecule has 108 valence electrons. The van der Waals surface area contributed by atoms with Gasteiger partial charge in [0.2, 0.25) is 0 Å². The highest BCUT2D eigenvalue weighted by atomic mass is 127. The first-order chi connectivity index (χ1) is 8.43. The van der Waals surface area contributed by atoms with Gasteiger partial charge in [-0.05, 0) is 28.7 Å². The third-order valence-electron chi connectivity index (χ3n) is 2.27. The fourth-order valence-electron chi connectivity index (χ4n) is 1.22. The minimum Gasteiger partial charge on any atom is -0.235 e. The van der Waals surface area contributed by atoms with Crippen LogP contribution in [-0.4, -0.2) is 18.0 Å². The number of rotatable bonds is 3. The summed E-state index contributed by atoms with van der Waals surface area (Å²) in [5.41, 5.74) is -0.919. The highest BCUT2D eigenvalue weighted by molar-refractivity contribution is 14.1. The number of halogens is 9. The van der Waals surface area contributed by atoms with E-state index in [1.165, 1.54) is 28.7 Å². The summed E-state index contributed by atoms with van der Waals surface area (Å²) in [6.45, 7) is 0. The minimum atomic E-state index is -6.54. The van der Waals surface area contributed by atoms with Crippen LogP contribution in [0.5, 0.6) is 0 Å². The molecule has 1 aromatic rings. The normalized spacial score (nSPS) is 15.4. The molecule has 19 heavy (non-hydrogen) atoms. The van der Waals surface area contributed by atoms with Gasteiger partial charge < -0.3 is 0 Å².